The number of rotatable bonds is 7. The fraction of sp³-hybridized carbons (Fsp3) is 0.524. The van der Waals surface area contributed by atoms with E-state index in [-0.39, 0.29) is 24.0 Å². The highest BCUT2D eigenvalue weighted by atomic mass is 127. The minimum Gasteiger partial charge on any atom is -0.355 e. The lowest BCUT2D eigenvalue weighted by atomic mass is 10.2. The molecule has 0 unspecified atom stereocenters. The molecule has 3 rings (SSSR count). The Morgan fingerprint density at radius 1 is 1.21 bits per heavy atom. The van der Waals surface area contributed by atoms with Crippen molar-refractivity contribution < 1.29 is 0 Å². The van der Waals surface area contributed by atoms with Gasteiger partial charge in [-0.25, -0.2) is 4.68 Å². The van der Waals surface area contributed by atoms with Gasteiger partial charge in [0, 0.05) is 51.5 Å². The molecular formula is C21H33IN6. The first-order valence-corrected chi connectivity index (χ1v) is 9.88. The number of para-hydroxylation sites is 1. The van der Waals surface area contributed by atoms with Gasteiger partial charge in [0.2, 0.25) is 0 Å². The SMILES string of the molecule is CN=C(NCCN(C)C1CCCC1)N(C)Cc1cnn(-c2ccccc2)c1.I. The van der Waals surface area contributed by atoms with Gasteiger partial charge in [-0.1, -0.05) is 31.0 Å². The molecule has 1 aliphatic rings. The lowest BCUT2D eigenvalue weighted by molar-refractivity contribution is 0.248. The molecular weight excluding hydrogens is 463 g/mol. The van der Waals surface area contributed by atoms with E-state index in [1.807, 2.05) is 36.1 Å². The fourth-order valence-electron chi connectivity index (χ4n) is 3.77. The average Bonchev–Trinajstić information content (AvgIpc) is 3.38. The second-order valence-corrected chi connectivity index (χ2v) is 7.38. The molecule has 0 spiro atoms. The molecule has 0 saturated heterocycles. The van der Waals surface area contributed by atoms with E-state index in [0.29, 0.717) is 0 Å². The summed E-state index contributed by atoms with van der Waals surface area (Å²) in [5.74, 6) is 0.919. The van der Waals surface area contributed by atoms with E-state index in [1.54, 1.807) is 0 Å². The zero-order chi connectivity index (χ0) is 19.1. The third-order valence-corrected chi connectivity index (χ3v) is 5.35. The zero-order valence-corrected chi connectivity index (χ0v) is 19.5. The molecule has 1 aliphatic carbocycles. The molecule has 0 bridgehead atoms. The molecule has 28 heavy (non-hydrogen) atoms. The van der Waals surface area contributed by atoms with Gasteiger partial charge in [0.1, 0.15) is 0 Å². The van der Waals surface area contributed by atoms with Crippen molar-refractivity contribution >= 4 is 29.9 Å². The predicted molar refractivity (Wildman–Crippen MR) is 127 cm³/mol. The number of benzene rings is 1. The Morgan fingerprint density at radius 3 is 2.61 bits per heavy atom. The van der Waals surface area contributed by atoms with Gasteiger partial charge in [-0.05, 0) is 32.0 Å². The van der Waals surface area contributed by atoms with Crippen molar-refractivity contribution in [2.75, 3.05) is 34.2 Å². The second-order valence-electron chi connectivity index (χ2n) is 7.38. The monoisotopic (exact) mass is 496 g/mol. The van der Waals surface area contributed by atoms with Gasteiger partial charge in [-0.3, -0.25) is 4.99 Å². The van der Waals surface area contributed by atoms with Crippen LogP contribution in [0.5, 0.6) is 0 Å². The van der Waals surface area contributed by atoms with E-state index in [2.05, 4.69) is 57.6 Å². The summed E-state index contributed by atoms with van der Waals surface area (Å²) in [6.45, 7) is 2.72. The predicted octanol–water partition coefficient (Wildman–Crippen LogP) is 3.37. The molecule has 0 amide bonds. The van der Waals surface area contributed by atoms with E-state index in [0.717, 1.165) is 42.9 Å². The normalized spacial score (nSPS) is 14.9. The van der Waals surface area contributed by atoms with Crippen molar-refractivity contribution in [3.05, 3.63) is 48.3 Å². The van der Waals surface area contributed by atoms with Gasteiger partial charge in [-0.2, -0.15) is 5.10 Å². The Labute approximate surface area is 186 Å². The number of halogens is 1. The van der Waals surface area contributed by atoms with Crippen LogP contribution in [0.4, 0.5) is 0 Å². The number of aliphatic imine (C=N–C) groups is 1. The third kappa shape index (κ3) is 6.20. The number of aromatic nitrogens is 2. The van der Waals surface area contributed by atoms with E-state index < -0.39 is 0 Å². The van der Waals surface area contributed by atoms with Gasteiger partial charge < -0.3 is 15.1 Å². The number of guanidine groups is 1. The van der Waals surface area contributed by atoms with Crippen molar-refractivity contribution in [1.82, 2.24) is 24.9 Å². The Hall–Kier alpha value is -1.61. The lowest BCUT2D eigenvalue weighted by Gasteiger charge is -2.26. The van der Waals surface area contributed by atoms with Crippen LogP contribution in [0.1, 0.15) is 31.2 Å². The van der Waals surface area contributed by atoms with E-state index in [9.17, 15) is 0 Å². The zero-order valence-electron chi connectivity index (χ0n) is 17.2. The largest absolute Gasteiger partial charge is 0.355 e. The van der Waals surface area contributed by atoms with Crippen LogP contribution in [-0.4, -0.2) is 65.8 Å². The summed E-state index contributed by atoms with van der Waals surface area (Å²) < 4.78 is 1.91. The Morgan fingerprint density at radius 2 is 1.93 bits per heavy atom. The van der Waals surface area contributed by atoms with Crippen LogP contribution in [0.15, 0.2) is 47.7 Å². The molecule has 1 N–H and O–H groups in total. The van der Waals surface area contributed by atoms with Crippen LogP contribution in [0, 0.1) is 0 Å². The van der Waals surface area contributed by atoms with Gasteiger partial charge in [0.05, 0.1) is 11.9 Å². The highest BCUT2D eigenvalue weighted by Crippen LogP contribution is 2.21. The van der Waals surface area contributed by atoms with Crippen molar-refractivity contribution in [3.8, 4) is 5.69 Å². The quantitative estimate of drug-likeness (QED) is 0.363. The van der Waals surface area contributed by atoms with Crippen molar-refractivity contribution in [2.24, 2.45) is 4.99 Å². The molecule has 0 aliphatic heterocycles. The number of likely N-dealkylation sites (N-methyl/N-ethyl adjacent to an activating group) is 1. The minimum absolute atomic E-state index is 0. The molecule has 2 aromatic rings. The molecule has 6 nitrogen and oxygen atoms in total. The standard InChI is InChI=1S/C21H32N6.HI/c1-22-21(23-13-14-25(2)19-9-7-8-10-19)26(3)16-18-15-24-27(17-18)20-11-5-4-6-12-20;/h4-6,11-12,15,17,19H,7-10,13-14,16H2,1-3H3,(H,22,23);1H. The summed E-state index contributed by atoms with van der Waals surface area (Å²) >= 11 is 0. The molecule has 7 heteroatoms. The molecule has 1 aromatic heterocycles. The number of nitrogens with one attached hydrogen (secondary N) is 1. The van der Waals surface area contributed by atoms with E-state index >= 15 is 0 Å². The molecule has 1 fully saturated rings. The van der Waals surface area contributed by atoms with Crippen LogP contribution in [0.2, 0.25) is 0 Å². The van der Waals surface area contributed by atoms with Gasteiger partial charge in [-0.15, -0.1) is 24.0 Å². The first kappa shape index (κ1) is 22.7. The summed E-state index contributed by atoms with van der Waals surface area (Å²) in [5, 5.41) is 7.97. The maximum Gasteiger partial charge on any atom is 0.193 e. The van der Waals surface area contributed by atoms with E-state index in [1.165, 1.54) is 25.7 Å². The fourth-order valence-corrected chi connectivity index (χ4v) is 3.77. The Kier molecular flexibility index (Phi) is 9.24. The highest BCUT2D eigenvalue weighted by Gasteiger charge is 2.19. The van der Waals surface area contributed by atoms with Crippen LogP contribution in [0.3, 0.4) is 0 Å². The van der Waals surface area contributed by atoms with Gasteiger partial charge in [0.15, 0.2) is 5.96 Å². The number of nitrogens with zero attached hydrogens (tertiary/aromatic N) is 5. The van der Waals surface area contributed by atoms with Crippen LogP contribution < -0.4 is 5.32 Å². The lowest BCUT2D eigenvalue weighted by Crippen LogP contribution is -2.43. The summed E-state index contributed by atoms with van der Waals surface area (Å²) in [6, 6.07) is 10.9. The summed E-state index contributed by atoms with van der Waals surface area (Å²) in [7, 11) is 6.14. The van der Waals surface area contributed by atoms with Crippen LogP contribution >= 0.6 is 24.0 Å². The maximum atomic E-state index is 4.48. The van der Waals surface area contributed by atoms with E-state index in [4.69, 9.17) is 0 Å². The molecule has 154 valence electrons. The minimum atomic E-state index is 0. The molecule has 1 aromatic carbocycles. The molecule has 0 radical (unpaired) electrons. The maximum absolute atomic E-state index is 4.48. The summed E-state index contributed by atoms with van der Waals surface area (Å²) in [4.78, 5) is 9.05. The van der Waals surface area contributed by atoms with Gasteiger partial charge in [0.25, 0.3) is 0 Å². The third-order valence-electron chi connectivity index (χ3n) is 5.35. The first-order chi connectivity index (χ1) is 13.2. The van der Waals surface area contributed by atoms with Crippen LogP contribution in [-0.2, 0) is 6.54 Å². The number of hydrogen-bond donors (Lipinski definition) is 1. The smallest absolute Gasteiger partial charge is 0.193 e. The summed E-state index contributed by atoms with van der Waals surface area (Å²) in [6.07, 6.45) is 9.44. The van der Waals surface area contributed by atoms with Crippen molar-refractivity contribution in [2.45, 2.75) is 38.3 Å². The molecule has 0 atom stereocenters. The number of hydrogen-bond acceptors (Lipinski definition) is 3. The van der Waals surface area contributed by atoms with Gasteiger partial charge >= 0.3 is 0 Å². The Bertz CT molecular complexity index is 724. The second kappa shape index (κ2) is 11.4. The topological polar surface area (TPSA) is 48.7 Å². The van der Waals surface area contributed by atoms with Crippen LogP contribution in [0.25, 0.3) is 5.69 Å². The van der Waals surface area contributed by atoms with Crippen molar-refractivity contribution in [3.63, 3.8) is 0 Å². The first-order valence-electron chi connectivity index (χ1n) is 9.88. The van der Waals surface area contributed by atoms with Crippen molar-refractivity contribution in [1.29, 1.82) is 0 Å². The molecule has 1 saturated carbocycles. The summed E-state index contributed by atoms with van der Waals surface area (Å²) in [5.41, 5.74) is 2.23. The molecule has 1 heterocycles. The highest BCUT2D eigenvalue weighted by molar-refractivity contribution is 14.0. The Balaban J connectivity index is 0.00000280. The average molecular weight is 496 g/mol.